The van der Waals surface area contributed by atoms with E-state index in [9.17, 15) is 9.59 Å². The smallest absolute Gasteiger partial charge is 0.494 e. The zero-order valence-corrected chi connectivity index (χ0v) is 28.5. The molecule has 47 heavy (non-hydrogen) atoms. The predicted octanol–water partition coefficient (Wildman–Crippen LogP) is 9.91. The molecule has 0 aliphatic carbocycles. The molecule has 0 aromatic heterocycles. The quantitative estimate of drug-likeness (QED) is 0.0688. The van der Waals surface area contributed by atoms with Crippen molar-refractivity contribution < 1.29 is 33.3 Å². The maximum atomic E-state index is 12.8. The maximum Gasteiger partial charge on any atom is 0.516 e. The predicted molar refractivity (Wildman–Crippen MR) is 186 cm³/mol. The van der Waals surface area contributed by atoms with E-state index in [4.69, 9.17) is 23.7 Å². The molecule has 1 atom stereocenters. The summed E-state index contributed by atoms with van der Waals surface area (Å²) >= 11 is 0. The molecular formula is C40H52O7. The first-order valence-corrected chi connectivity index (χ1v) is 17.3. The van der Waals surface area contributed by atoms with Gasteiger partial charge < -0.3 is 23.7 Å². The van der Waals surface area contributed by atoms with E-state index >= 15 is 0 Å². The van der Waals surface area contributed by atoms with Crippen LogP contribution in [0.4, 0.5) is 4.79 Å². The fourth-order valence-corrected chi connectivity index (χ4v) is 5.41. The van der Waals surface area contributed by atoms with Crippen molar-refractivity contribution in [1.29, 1.82) is 0 Å². The lowest BCUT2D eigenvalue weighted by atomic mass is 9.90. The van der Waals surface area contributed by atoms with Gasteiger partial charge in [0.1, 0.15) is 5.75 Å². The van der Waals surface area contributed by atoms with E-state index in [1.54, 1.807) is 12.1 Å². The Morgan fingerprint density at radius 1 is 0.787 bits per heavy atom. The van der Waals surface area contributed by atoms with Gasteiger partial charge in [-0.2, -0.15) is 0 Å². The van der Waals surface area contributed by atoms with Gasteiger partial charge in [-0.05, 0) is 65.3 Å². The van der Waals surface area contributed by atoms with E-state index in [2.05, 4.69) is 6.92 Å². The highest BCUT2D eigenvalue weighted by Gasteiger charge is 2.33. The minimum absolute atomic E-state index is 0.196. The van der Waals surface area contributed by atoms with Crippen LogP contribution in [0.3, 0.4) is 0 Å². The number of hydrogen-bond donors (Lipinski definition) is 0. The summed E-state index contributed by atoms with van der Waals surface area (Å²) in [4.78, 5) is 24.9. The topological polar surface area (TPSA) is 80.3 Å². The van der Waals surface area contributed by atoms with Gasteiger partial charge in [-0.25, -0.2) is 9.59 Å². The lowest BCUT2D eigenvalue weighted by Crippen LogP contribution is -2.43. The summed E-state index contributed by atoms with van der Waals surface area (Å²) in [6.07, 6.45) is 9.56. The van der Waals surface area contributed by atoms with Gasteiger partial charge >= 0.3 is 12.1 Å². The highest BCUT2D eigenvalue weighted by atomic mass is 16.7. The number of carbonyl (C=O) groups excluding carboxylic acids is 2. The third kappa shape index (κ3) is 12.1. The van der Waals surface area contributed by atoms with Crippen LogP contribution >= 0.6 is 0 Å². The van der Waals surface area contributed by atoms with Crippen LogP contribution in [0.2, 0.25) is 0 Å². The minimum Gasteiger partial charge on any atom is -0.494 e. The first-order chi connectivity index (χ1) is 22.9. The van der Waals surface area contributed by atoms with Crippen LogP contribution in [0, 0.1) is 11.3 Å². The molecule has 254 valence electrons. The van der Waals surface area contributed by atoms with Crippen molar-refractivity contribution in [2.24, 2.45) is 11.3 Å². The molecule has 0 spiro atoms. The molecule has 0 radical (unpaired) electrons. The van der Waals surface area contributed by atoms with Gasteiger partial charge in [0.15, 0.2) is 0 Å². The molecule has 3 aromatic rings. The highest BCUT2D eigenvalue weighted by Crippen LogP contribution is 2.34. The molecule has 7 nitrogen and oxygen atoms in total. The maximum absolute atomic E-state index is 12.8. The Kier molecular flexibility index (Phi) is 14.8. The van der Waals surface area contributed by atoms with Crippen molar-refractivity contribution in [2.45, 2.75) is 78.6 Å². The van der Waals surface area contributed by atoms with Crippen LogP contribution in [-0.4, -0.2) is 51.8 Å². The number of esters is 1. The molecule has 0 unspecified atom stereocenters. The Hall–Kier alpha value is -3.68. The van der Waals surface area contributed by atoms with Crippen LogP contribution in [0.5, 0.6) is 5.75 Å². The Balaban J connectivity index is 1.19. The van der Waals surface area contributed by atoms with Crippen LogP contribution < -0.4 is 4.74 Å². The van der Waals surface area contributed by atoms with Crippen molar-refractivity contribution >= 4 is 12.1 Å². The molecule has 1 aliphatic rings. The van der Waals surface area contributed by atoms with Gasteiger partial charge in [-0.15, -0.1) is 0 Å². The molecule has 1 aliphatic heterocycles. The van der Waals surface area contributed by atoms with Crippen molar-refractivity contribution in [2.75, 3.05) is 39.6 Å². The molecule has 1 saturated heterocycles. The number of ether oxygens (including phenoxy) is 5. The normalized spacial score (nSPS) is 14.2. The minimum atomic E-state index is -0.978. The zero-order chi connectivity index (χ0) is 33.3. The largest absolute Gasteiger partial charge is 0.516 e. The molecule has 4 rings (SSSR count). The highest BCUT2D eigenvalue weighted by molar-refractivity contribution is 5.98. The number of carbonyl (C=O) groups is 2. The van der Waals surface area contributed by atoms with E-state index in [1.807, 2.05) is 74.5 Å². The third-order valence-corrected chi connectivity index (χ3v) is 8.67. The van der Waals surface area contributed by atoms with E-state index in [0.717, 1.165) is 73.7 Å². The first kappa shape index (κ1) is 36.2. The Labute approximate surface area is 280 Å². The number of unbranched alkanes of at least 4 members (excludes halogenated alkanes) is 7. The summed E-state index contributed by atoms with van der Waals surface area (Å²) in [6.45, 7) is 10.5. The summed E-state index contributed by atoms with van der Waals surface area (Å²) in [5.74, 6) is 0.298. The van der Waals surface area contributed by atoms with Crippen LogP contribution in [-0.2, 0) is 18.9 Å². The Morgan fingerprint density at radius 3 is 2.06 bits per heavy atom. The van der Waals surface area contributed by atoms with Crippen LogP contribution in [0.25, 0.3) is 22.3 Å². The van der Waals surface area contributed by atoms with Gasteiger partial charge in [-0.3, -0.25) is 0 Å². The van der Waals surface area contributed by atoms with Crippen LogP contribution in [0.1, 0.15) is 88.9 Å². The van der Waals surface area contributed by atoms with E-state index in [-0.39, 0.29) is 23.5 Å². The molecule has 0 bridgehead atoms. The SMILES string of the molecule is CC[C@@H](C)COC(=O)OC(=O)c1ccc(-c2ccc(OCCCCCCCCCCOCC3(C)COC3)cc2)c(-c2ccccc2)c1. The average molecular weight is 645 g/mol. The molecule has 1 fully saturated rings. The first-order valence-electron chi connectivity index (χ1n) is 17.3. The van der Waals surface area contributed by atoms with E-state index in [1.165, 1.54) is 38.5 Å². The summed E-state index contributed by atoms with van der Waals surface area (Å²) in [6, 6.07) is 23.2. The molecule has 3 aromatic carbocycles. The van der Waals surface area contributed by atoms with Gasteiger partial charge in [-0.1, -0.05) is 114 Å². The second-order valence-corrected chi connectivity index (χ2v) is 13.1. The fraction of sp³-hybridized carbons (Fsp3) is 0.500. The Morgan fingerprint density at radius 2 is 1.43 bits per heavy atom. The van der Waals surface area contributed by atoms with Crippen molar-refractivity contribution in [3.05, 3.63) is 78.4 Å². The fourth-order valence-electron chi connectivity index (χ4n) is 5.41. The van der Waals surface area contributed by atoms with Gasteiger partial charge in [0.2, 0.25) is 0 Å². The zero-order valence-electron chi connectivity index (χ0n) is 28.5. The summed E-state index contributed by atoms with van der Waals surface area (Å²) < 4.78 is 27.2. The van der Waals surface area contributed by atoms with Crippen molar-refractivity contribution in [3.8, 4) is 28.0 Å². The Bertz CT molecular complexity index is 1370. The number of hydrogen-bond acceptors (Lipinski definition) is 7. The third-order valence-electron chi connectivity index (χ3n) is 8.67. The van der Waals surface area contributed by atoms with Crippen LogP contribution in [0.15, 0.2) is 72.8 Å². The molecule has 7 heteroatoms. The average Bonchev–Trinajstić information content (AvgIpc) is 3.08. The van der Waals surface area contributed by atoms with Gasteiger partial charge in [0.05, 0.1) is 38.6 Å². The van der Waals surface area contributed by atoms with Crippen molar-refractivity contribution in [1.82, 2.24) is 0 Å². The second-order valence-electron chi connectivity index (χ2n) is 13.1. The standard InChI is InChI=1S/C40H52O7/c1-4-31(2)27-46-39(42)47-38(41)34-20-23-36(37(26-34)32-16-12-11-13-17-32)33-18-21-35(22-19-33)45-25-15-10-8-6-5-7-9-14-24-43-28-40(3)29-44-30-40/h11-13,16-23,26,31H,4-10,14-15,24-25,27-30H2,1-3H3/t31-/m1/s1. The van der Waals surface area contributed by atoms with E-state index in [0.29, 0.717) is 6.61 Å². The molecule has 0 N–H and O–H groups in total. The van der Waals surface area contributed by atoms with Crippen molar-refractivity contribution in [3.63, 3.8) is 0 Å². The van der Waals surface area contributed by atoms with Gasteiger partial charge in [0, 0.05) is 12.0 Å². The monoisotopic (exact) mass is 644 g/mol. The summed E-state index contributed by atoms with van der Waals surface area (Å²) in [5.41, 5.74) is 4.31. The molecule has 1 heterocycles. The molecule has 0 amide bonds. The van der Waals surface area contributed by atoms with Gasteiger partial charge in [0.25, 0.3) is 0 Å². The lowest BCUT2D eigenvalue weighted by molar-refractivity contribution is -0.137. The summed E-state index contributed by atoms with van der Waals surface area (Å²) in [5, 5.41) is 0. The number of benzene rings is 3. The second kappa shape index (κ2) is 19.2. The molecular weight excluding hydrogens is 592 g/mol. The van der Waals surface area contributed by atoms with E-state index < -0.39 is 12.1 Å². The number of rotatable bonds is 20. The lowest BCUT2D eigenvalue weighted by Gasteiger charge is -2.37. The summed E-state index contributed by atoms with van der Waals surface area (Å²) in [7, 11) is 0. The molecule has 0 saturated carbocycles.